The number of hydrogen-bond donors (Lipinski definition) is 1. The number of carbonyl (C=O) groups is 2. The highest BCUT2D eigenvalue weighted by atomic mass is 32.2. The van der Waals surface area contributed by atoms with Gasteiger partial charge in [-0.2, -0.15) is 8.42 Å². The van der Waals surface area contributed by atoms with Gasteiger partial charge in [-0.25, -0.2) is 4.79 Å². The summed E-state index contributed by atoms with van der Waals surface area (Å²) in [4.78, 5) is 28.7. The number of rotatable bonds is 39. The Morgan fingerprint density at radius 2 is 0.943 bits per heavy atom. The van der Waals surface area contributed by atoms with Crippen LogP contribution in [-0.4, -0.2) is 55.8 Å². The van der Waals surface area contributed by atoms with Crippen molar-refractivity contribution >= 4 is 28.0 Å². The number of esters is 2. The van der Waals surface area contributed by atoms with Crippen molar-refractivity contribution in [3.63, 3.8) is 0 Å². The highest BCUT2D eigenvalue weighted by Crippen LogP contribution is 2.13. The number of aliphatic imine (C=N–C) groups is 1. The monoisotopic (exact) mass is 769 g/mol. The van der Waals surface area contributed by atoms with Crippen LogP contribution in [0, 0.1) is 0 Å². The van der Waals surface area contributed by atoms with Crippen LogP contribution in [0.5, 0.6) is 0 Å². The van der Waals surface area contributed by atoms with E-state index in [1.54, 1.807) is 0 Å². The molecule has 0 aliphatic heterocycles. The second-order valence-electron chi connectivity index (χ2n) is 14.6. The van der Waals surface area contributed by atoms with Crippen LogP contribution in [0.1, 0.15) is 206 Å². The van der Waals surface area contributed by atoms with Crippen molar-refractivity contribution in [1.29, 1.82) is 0 Å². The molecule has 0 amide bonds. The Kier molecular flexibility index (Phi) is 36.5. The zero-order chi connectivity index (χ0) is 39.1. The molecule has 0 aliphatic rings. The highest BCUT2D eigenvalue weighted by Gasteiger charge is 2.21. The summed E-state index contributed by atoms with van der Waals surface area (Å²) in [6.07, 6.45) is 41.9. The molecule has 9 nitrogen and oxygen atoms in total. The lowest BCUT2D eigenvalue weighted by molar-refractivity contribution is -0.216. The van der Waals surface area contributed by atoms with Crippen LogP contribution in [0.25, 0.3) is 0 Å². The molecule has 0 saturated heterocycles. The summed E-state index contributed by atoms with van der Waals surface area (Å²) in [6, 6.07) is -1.34. The van der Waals surface area contributed by atoms with Gasteiger partial charge in [0.2, 0.25) is 0 Å². The Morgan fingerprint density at radius 1 is 0.585 bits per heavy atom. The number of allylic oxidation sites excluding steroid dienone is 4. The van der Waals surface area contributed by atoms with Gasteiger partial charge in [-0.1, -0.05) is 154 Å². The molecular formula is C43H78NO8S-. The average Bonchev–Trinajstić information content (AvgIpc) is 3.11. The molecule has 0 bridgehead atoms. The minimum Gasteiger partial charge on any atom is -0.861 e. The van der Waals surface area contributed by atoms with Crippen molar-refractivity contribution < 1.29 is 37.1 Å². The first-order chi connectivity index (χ1) is 25.7. The lowest BCUT2D eigenvalue weighted by atomic mass is 10.1. The van der Waals surface area contributed by atoms with Crippen LogP contribution in [0.2, 0.25) is 0 Å². The molecule has 310 valence electrons. The summed E-state index contributed by atoms with van der Waals surface area (Å²) < 4.78 is 41.9. The maximum Gasteiger partial charge on any atom is 0.330 e. The number of unbranched alkanes of at least 4 members (excludes halogenated alkanes) is 24. The van der Waals surface area contributed by atoms with Crippen LogP contribution in [-0.2, 0) is 29.2 Å². The van der Waals surface area contributed by atoms with E-state index in [9.17, 15) is 23.1 Å². The Balaban J connectivity index is 4.13. The molecule has 53 heavy (non-hydrogen) atoms. The van der Waals surface area contributed by atoms with Crippen LogP contribution < -0.4 is 5.11 Å². The maximum absolute atomic E-state index is 12.7. The summed E-state index contributed by atoms with van der Waals surface area (Å²) >= 11 is 0. The second-order valence-corrected chi connectivity index (χ2v) is 16.0. The number of ether oxygens (including phenoxy) is 2. The summed E-state index contributed by atoms with van der Waals surface area (Å²) in [5.74, 6) is -3.69. The molecule has 0 saturated carbocycles. The Labute approximate surface area is 325 Å². The van der Waals surface area contributed by atoms with Gasteiger partial charge in [-0.3, -0.25) is 14.3 Å². The molecule has 1 atom stereocenters. The van der Waals surface area contributed by atoms with Crippen LogP contribution >= 0.6 is 0 Å². The van der Waals surface area contributed by atoms with Crippen molar-refractivity contribution in [3.05, 3.63) is 24.3 Å². The predicted octanol–water partition coefficient (Wildman–Crippen LogP) is 10.9. The summed E-state index contributed by atoms with van der Waals surface area (Å²) in [6.45, 7) is 4.92. The maximum atomic E-state index is 12.7. The van der Waals surface area contributed by atoms with Gasteiger partial charge in [0.25, 0.3) is 10.1 Å². The minimum absolute atomic E-state index is 0.143. The van der Waals surface area contributed by atoms with Crippen molar-refractivity contribution in [2.45, 2.75) is 213 Å². The fraction of sp³-hybridized carbons (Fsp3) is 0.837. The van der Waals surface area contributed by atoms with Crippen LogP contribution in [0.4, 0.5) is 0 Å². The van der Waals surface area contributed by atoms with Gasteiger partial charge in [-0.15, -0.1) is 0 Å². The molecule has 1 unspecified atom stereocenters. The van der Waals surface area contributed by atoms with E-state index < -0.39 is 39.7 Å². The van der Waals surface area contributed by atoms with Gasteiger partial charge in [0, 0.05) is 6.42 Å². The second kappa shape index (κ2) is 38.1. The van der Waals surface area contributed by atoms with E-state index in [1.165, 1.54) is 109 Å². The van der Waals surface area contributed by atoms with Crippen molar-refractivity contribution in [1.82, 2.24) is 0 Å². The molecule has 0 spiro atoms. The zero-order valence-corrected chi connectivity index (χ0v) is 34.7. The average molecular weight is 769 g/mol. The Hall–Kier alpha value is -2.20. The van der Waals surface area contributed by atoms with Crippen molar-refractivity contribution in [2.75, 3.05) is 19.0 Å². The molecule has 0 rings (SSSR count). The van der Waals surface area contributed by atoms with E-state index in [1.807, 2.05) is 0 Å². The Bertz CT molecular complexity index is 1060. The van der Waals surface area contributed by atoms with Gasteiger partial charge >= 0.3 is 11.9 Å². The Morgan fingerprint density at radius 3 is 1.34 bits per heavy atom. The van der Waals surface area contributed by atoms with E-state index in [0.717, 1.165) is 64.2 Å². The fourth-order valence-electron chi connectivity index (χ4n) is 6.08. The van der Waals surface area contributed by atoms with Gasteiger partial charge in [0.1, 0.15) is 11.8 Å². The molecule has 1 N–H and O–H groups in total. The quantitative estimate of drug-likeness (QED) is 0.0163. The normalized spacial score (nSPS) is 12.9. The lowest BCUT2D eigenvalue weighted by Crippen LogP contribution is -2.32. The summed E-state index contributed by atoms with van der Waals surface area (Å²) in [5, 5.41) is 12.1. The third-order valence-corrected chi connectivity index (χ3v) is 9.93. The minimum atomic E-state index is -4.60. The molecule has 10 heteroatoms. The molecular weight excluding hydrogens is 691 g/mol. The molecule has 0 fully saturated rings. The standard InChI is InChI=1S/C43H79NO8S/c1-3-5-7-9-11-13-15-17-19-21-23-25-27-29-31-33-37-51-42(46)36-35-40(44-41(45)39-53(48,49)50)43(47)52-38-34-32-30-28-26-24-22-20-18-16-14-12-10-8-6-4-2/h17-20,40H,3-16,21-39H2,1-2H3,(H,44,45)(H,48,49,50)/p-1/b19-17+,20-18+. The molecule has 0 aliphatic carbocycles. The van der Waals surface area contributed by atoms with Crippen molar-refractivity contribution in [2.24, 2.45) is 4.99 Å². The van der Waals surface area contributed by atoms with Gasteiger partial charge in [0.05, 0.1) is 13.2 Å². The smallest absolute Gasteiger partial charge is 0.330 e. The lowest BCUT2D eigenvalue weighted by Gasteiger charge is -2.16. The van der Waals surface area contributed by atoms with Gasteiger partial charge < -0.3 is 14.6 Å². The van der Waals surface area contributed by atoms with E-state index in [-0.39, 0.29) is 26.1 Å². The first-order valence-corrected chi connectivity index (χ1v) is 23.1. The first kappa shape index (κ1) is 50.8. The molecule has 0 heterocycles. The molecule has 0 radical (unpaired) electrons. The molecule has 0 aromatic carbocycles. The van der Waals surface area contributed by atoms with Gasteiger partial charge in [0.15, 0.2) is 0 Å². The third kappa shape index (κ3) is 39.3. The van der Waals surface area contributed by atoms with E-state index in [0.29, 0.717) is 6.42 Å². The SMILES string of the molecule is CCCCCCCC/C=C/CCCCCCCCOC(=O)CCC(N=C([O-])CS(=O)(=O)O)C(=O)OCCCCCCCC/C=C/CCCCCCCC. The number of nitrogens with zero attached hydrogens (tertiary/aromatic N) is 1. The van der Waals surface area contributed by atoms with E-state index >= 15 is 0 Å². The predicted molar refractivity (Wildman–Crippen MR) is 218 cm³/mol. The summed E-state index contributed by atoms with van der Waals surface area (Å²) in [5.41, 5.74) is 0. The van der Waals surface area contributed by atoms with Crippen molar-refractivity contribution in [3.8, 4) is 0 Å². The highest BCUT2D eigenvalue weighted by molar-refractivity contribution is 7.86. The third-order valence-electron chi connectivity index (χ3n) is 9.32. The largest absolute Gasteiger partial charge is 0.861 e. The fourth-order valence-corrected chi connectivity index (χ4v) is 6.47. The number of carbonyl (C=O) groups excluding carboxylic acids is 2. The molecule has 0 aromatic heterocycles. The zero-order valence-electron chi connectivity index (χ0n) is 33.9. The summed E-state index contributed by atoms with van der Waals surface area (Å²) in [7, 11) is -4.60. The van der Waals surface area contributed by atoms with Crippen LogP contribution in [0.3, 0.4) is 0 Å². The van der Waals surface area contributed by atoms with Crippen LogP contribution in [0.15, 0.2) is 29.3 Å². The first-order valence-electron chi connectivity index (χ1n) is 21.5. The topological polar surface area (TPSA) is 142 Å². The van der Waals surface area contributed by atoms with E-state index in [4.69, 9.17) is 14.0 Å². The van der Waals surface area contributed by atoms with Gasteiger partial charge in [-0.05, 0) is 76.5 Å². The van der Waals surface area contributed by atoms with E-state index in [2.05, 4.69) is 43.1 Å². The molecule has 0 aromatic rings. The number of hydrogen-bond acceptors (Lipinski definition) is 8.